The van der Waals surface area contributed by atoms with E-state index in [9.17, 15) is 0 Å². The van der Waals surface area contributed by atoms with Gasteiger partial charge in [0.15, 0.2) is 16.6 Å². The van der Waals surface area contributed by atoms with Crippen molar-refractivity contribution >= 4 is 17.3 Å². The molecule has 0 spiro atoms. The van der Waals surface area contributed by atoms with Crippen LogP contribution in [0.25, 0.3) is 0 Å². The zero-order valence-electron chi connectivity index (χ0n) is 14.9. The van der Waals surface area contributed by atoms with Gasteiger partial charge < -0.3 is 24.6 Å². The minimum atomic E-state index is 0.270. The second-order valence-corrected chi connectivity index (χ2v) is 7.12. The lowest BCUT2D eigenvalue weighted by Gasteiger charge is -2.41. The number of thiocarbonyl (C=S) groups is 1. The van der Waals surface area contributed by atoms with E-state index in [1.165, 1.54) is 5.56 Å². The fourth-order valence-corrected chi connectivity index (χ4v) is 3.74. The van der Waals surface area contributed by atoms with E-state index in [1.807, 2.05) is 18.2 Å². The summed E-state index contributed by atoms with van der Waals surface area (Å²) >= 11 is 5.73. The smallest absolute Gasteiger partial charge is 0.231 e. The van der Waals surface area contributed by atoms with Crippen molar-refractivity contribution in [3.8, 4) is 11.5 Å². The van der Waals surface area contributed by atoms with Crippen LogP contribution in [-0.2, 0) is 6.54 Å². The number of hydrogen-bond acceptors (Lipinski definition) is 4. The number of rotatable bonds is 3. The minimum Gasteiger partial charge on any atom is -0.454 e. The van der Waals surface area contributed by atoms with Crippen LogP contribution in [-0.4, -0.2) is 48.4 Å². The molecule has 2 aromatic rings. The number of ether oxygens (including phenoxy) is 2. The van der Waals surface area contributed by atoms with E-state index in [-0.39, 0.29) is 6.04 Å². The number of fused-ring (bicyclic) bond motifs is 1. The highest BCUT2D eigenvalue weighted by Crippen LogP contribution is 2.32. The van der Waals surface area contributed by atoms with Crippen LogP contribution in [0.5, 0.6) is 11.5 Å². The summed E-state index contributed by atoms with van der Waals surface area (Å²) in [6, 6.07) is 16.9. The van der Waals surface area contributed by atoms with E-state index in [2.05, 4.69) is 52.5 Å². The van der Waals surface area contributed by atoms with Gasteiger partial charge in [-0.25, -0.2) is 0 Å². The molecule has 0 unspecified atom stereocenters. The molecular weight excluding hydrogens is 346 g/mol. The molecule has 2 aromatic carbocycles. The van der Waals surface area contributed by atoms with Crippen molar-refractivity contribution in [2.45, 2.75) is 12.6 Å². The first kappa shape index (κ1) is 17.1. The Labute approximate surface area is 159 Å². The van der Waals surface area contributed by atoms with E-state index < -0.39 is 0 Å². The highest BCUT2D eigenvalue weighted by molar-refractivity contribution is 7.80. The lowest BCUT2D eigenvalue weighted by Crippen LogP contribution is -2.52. The number of hydrogen-bond donors (Lipinski definition) is 1. The molecule has 4 rings (SSSR count). The van der Waals surface area contributed by atoms with Crippen molar-refractivity contribution in [3.05, 3.63) is 59.7 Å². The molecule has 1 atom stereocenters. The SMILES string of the molecule is CN1CCN(C(=S)NCc2ccc3c(c2)OCO3)[C@H](c2ccccc2)C1. The third-order valence-corrected chi connectivity index (χ3v) is 5.29. The second-order valence-electron chi connectivity index (χ2n) is 6.73. The summed E-state index contributed by atoms with van der Waals surface area (Å²) < 4.78 is 10.8. The normalized spacial score (nSPS) is 19.4. The van der Waals surface area contributed by atoms with Crippen LogP contribution in [0, 0.1) is 0 Å². The van der Waals surface area contributed by atoms with E-state index in [0.717, 1.165) is 41.8 Å². The Balaban J connectivity index is 1.44. The molecule has 0 bridgehead atoms. The maximum absolute atomic E-state index is 5.73. The largest absolute Gasteiger partial charge is 0.454 e. The molecule has 6 heteroatoms. The zero-order valence-corrected chi connectivity index (χ0v) is 15.7. The fraction of sp³-hybridized carbons (Fsp3) is 0.350. The standard InChI is InChI=1S/C20H23N3O2S/c1-22-9-10-23(17(13-22)16-5-3-2-4-6-16)20(26)21-12-15-7-8-18-19(11-15)25-14-24-18/h2-8,11,17H,9-10,12-14H2,1H3,(H,21,26)/t17-/m0/s1. The summed E-state index contributed by atoms with van der Waals surface area (Å²) in [6.07, 6.45) is 0. The van der Waals surface area contributed by atoms with Gasteiger partial charge in [-0.3, -0.25) is 0 Å². The van der Waals surface area contributed by atoms with Gasteiger partial charge in [-0.1, -0.05) is 36.4 Å². The number of likely N-dealkylation sites (N-methyl/N-ethyl adjacent to an activating group) is 1. The Hall–Kier alpha value is -2.31. The molecule has 0 saturated carbocycles. The maximum Gasteiger partial charge on any atom is 0.231 e. The predicted octanol–water partition coefficient (Wildman–Crippen LogP) is 2.78. The summed E-state index contributed by atoms with van der Waals surface area (Å²) in [4.78, 5) is 4.66. The predicted molar refractivity (Wildman–Crippen MR) is 105 cm³/mol. The van der Waals surface area contributed by atoms with Crippen LogP contribution in [0.15, 0.2) is 48.5 Å². The molecule has 1 saturated heterocycles. The van der Waals surface area contributed by atoms with Gasteiger partial charge in [-0.05, 0) is 42.5 Å². The van der Waals surface area contributed by atoms with Crippen LogP contribution in [0.4, 0.5) is 0 Å². The molecule has 0 aromatic heterocycles. The third-order valence-electron chi connectivity index (χ3n) is 4.91. The van der Waals surface area contributed by atoms with Gasteiger partial charge in [0.1, 0.15) is 0 Å². The monoisotopic (exact) mass is 369 g/mol. The molecular formula is C20H23N3O2S. The summed E-state index contributed by atoms with van der Waals surface area (Å²) in [5, 5.41) is 4.21. The first-order chi connectivity index (χ1) is 12.7. The van der Waals surface area contributed by atoms with Crippen molar-refractivity contribution < 1.29 is 9.47 Å². The Morgan fingerprint density at radius 1 is 1.12 bits per heavy atom. The lowest BCUT2D eigenvalue weighted by molar-refractivity contribution is 0.150. The van der Waals surface area contributed by atoms with Gasteiger partial charge in [0.2, 0.25) is 6.79 Å². The van der Waals surface area contributed by atoms with E-state index in [0.29, 0.717) is 13.3 Å². The molecule has 5 nitrogen and oxygen atoms in total. The number of nitrogens with zero attached hydrogens (tertiary/aromatic N) is 2. The van der Waals surface area contributed by atoms with Gasteiger partial charge >= 0.3 is 0 Å². The van der Waals surface area contributed by atoms with Crippen molar-refractivity contribution in [1.82, 2.24) is 15.1 Å². The zero-order chi connectivity index (χ0) is 17.9. The average Bonchev–Trinajstić information content (AvgIpc) is 3.14. The molecule has 26 heavy (non-hydrogen) atoms. The quantitative estimate of drug-likeness (QED) is 0.839. The summed E-state index contributed by atoms with van der Waals surface area (Å²) in [7, 11) is 2.16. The van der Waals surface area contributed by atoms with Crippen molar-refractivity contribution in [3.63, 3.8) is 0 Å². The Morgan fingerprint density at radius 2 is 1.92 bits per heavy atom. The van der Waals surface area contributed by atoms with Gasteiger partial charge in [0, 0.05) is 26.2 Å². The average molecular weight is 369 g/mol. The first-order valence-electron chi connectivity index (χ1n) is 8.87. The second kappa shape index (κ2) is 7.51. The number of piperazine rings is 1. The van der Waals surface area contributed by atoms with Gasteiger partial charge in [-0.15, -0.1) is 0 Å². The molecule has 136 valence electrons. The third kappa shape index (κ3) is 3.61. The maximum atomic E-state index is 5.73. The topological polar surface area (TPSA) is 37.0 Å². The van der Waals surface area contributed by atoms with E-state index >= 15 is 0 Å². The summed E-state index contributed by atoms with van der Waals surface area (Å²) in [6.45, 7) is 3.86. The summed E-state index contributed by atoms with van der Waals surface area (Å²) in [5.41, 5.74) is 2.42. The minimum absolute atomic E-state index is 0.270. The molecule has 0 amide bonds. The summed E-state index contributed by atoms with van der Waals surface area (Å²) in [5.74, 6) is 1.61. The highest BCUT2D eigenvalue weighted by atomic mass is 32.1. The number of benzene rings is 2. The van der Waals surface area contributed by atoms with Gasteiger partial charge in [-0.2, -0.15) is 0 Å². The molecule has 2 aliphatic heterocycles. The van der Waals surface area contributed by atoms with Crippen molar-refractivity contribution in [1.29, 1.82) is 0 Å². The van der Waals surface area contributed by atoms with Crippen LogP contribution >= 0.6 is 12.2 Å². The highest BCUT2D eigenvalue weighted by Gasteiger charge is 2.28. The number of nitrogens with one attached hydrogen (secondary N) is 1. The Bertz CT molecular complexity index is 784. The molecule has 0 aliphatic carbocycles. The lowest BCUT2D eigenvalue weighted by atomic mass is 10.0. The Kier molecular flexibility index (Phi) is 4.95. The molecule has 0 radical (unpaired) electrons. The van der Waals surface area contributed by atoms with E-state index in [1.54, 1.807) is 0 Å². The molecule has 1 fully saturated rings. The van der Waals surface area contributed by atoms with Gasteiger partial charge in [0.25, 0.3) is 0 Å². The van der Waals surface area contributed by atoms with Crippen LogP contribution in [0.3, 0.4) is 0 Å². The molecule has 2 heterocycles. The van der Waals surface area contributed by atoms with Crippen LogP contribution < -0.4 is 14.8 Å². The van der Waals surface area contributed by atoms with Gasteiger partial charge in [0.05, 0.1) is 6.04 Å². The van der Waals surface area contributed by atoms with Crippen molar-refractivity contribution in [2.24, 2.45) is 0 Å². The molecule has 1 N–H and O–H groups in total. The van der Waals surface area contributed by atoms with E-state index in [4.69, 9.17) is 21.7 Å². The van der Waals surface area contributed by atoms with Crippen LogP contribution in [0.1, 0.15) is 17.2 Å². The molecule has 2 aliphatic rings. The van der Waals surface area contributed by atoms with Crippen molar-refractivity contribution in [2.75, 3.05) is 33.5 Å². The fourth-order valence-electron chi connectivity index (χ4n) is 3.45. The first-order valence-corrected chi connectivity index (χ1v) is 9.28. The van der Waals surface area contributed by atoms with Crippen LogP contribution in [0.2, 0.25) is 0 Å². The Morgan fingerprint density at radius 3 is 2.77 bits per heavy atom.